The molecule has 1 heterocycles. The molecule has 1 aromatic carbocycles. The number of benzene rings is 1. The molecule has 0 fully saturated rings. The predicted octanol–water partition coefficient (Wildman–Crippen LogP) is 1.04. The van der Waals surface area contributed by atoms with Crippen LogP contribution in [-0.4, -0.2) is 50.7 Å². The molecule has 2 rings (SSSR count). The van der Waals surface area contributed by atoms with E-state index in [1.165, 1.54) is 7.11 Å². The molecule has 1 amide bonds. The third kappa shape index (κ3) is 3.46. The van der Waals surface area contributed by atoms with Gasteiger partial charge < -0.3 is 24.8 Å². The summed E-state index contributed by atoms with van der Waals surface area (Å²) in [5.41, 5.74) is 7.64. The van der Waals surface area contributed by atoms with Crippen molar-refractivity contribution in [1.82, 2.24) is 4.90 Å². The highest BCUT2D eigenvalue weighted by molar-refractivity contribution is 5.83. The van der Waals surface area contributed by atoms with Gasteiger partial charge in [0.05, 0.1) is 39.8 Å². The summed E-state index contributed by atoms with van der Waals surface area (Å²) in [4.78, 5) is 26.0. The molecule has 0 spiro atoms. The summed E-state index contributed by atoms with van der Waals surface area (Å²) in [6, 6.07) is 2.65. The van der Waals surface area contributed by atoms with Crippen LogP contribution in [0.1, 0.15) is 30.5 Å². The Morgan fingerprint density at radius 3 is 2.42 bits per heavy atom. The van der Waals surface area contributed by atoms with E-state index in [0.717, 1.165) is 11.1 Å². The zero-order chi connectivity index (χ0) is 17.9. The van der Waals surface area contributed by atoms with Crippen LogP contribution in [0.5, 0.6) is 11.5 Å². The number of nitrogens with two attached hydrogens (primary N) is 1. The maximum atomic E-state index is 12.5. The molecule has 0 saturated carbocycles. The van der Waals surface area contributed by atoms with E-state index < -0.39 is 12.1 Å². The number of carbonyl (C=O) groups is 2. The molecule has 1 aromatic rings. The third-order valence-corrected chi connectivity index (χ3v) is 4.26. The Balaban J connectivity index is 2.49. The van der Waals surface area contributed by atoms with Crippen molar-refractivity contribution in [3.63, 3.8) is 0 Å². The van der Waals surface area contributed by atoms with E-state index in [-0.39, 0.29) is 18.3 Å². The summed E-state index contributed by atoms with van der Waals surface area (Å²) in [6.07, 6.45) is 0.725. The number of amides is 1. The Hall–Kier alpha value is -2.28. The molecule has 132 valence electrons. The van der Waals surface area contributed by atoms with Gasteiger partial charge in [-0.15, -0.1) is 0 Å². The molecule has 0 aromatic heterocycles. The molecule has 7 nitrogen and oxygen atoms in total. The van der Waals surface area contributed by atoms with Crippen LogP contribution in [0.4, 0.5) is 0 Å². The van der Waals surface area contributed by atoms with Crippen LogP contribution in [0.2, 0.25) is 0 Å². The van der Waals surface area contributed by atoms with Crippen LogP contribution in [0, 0.1) is 0 Å². The Labute approximate surface area is 141 Å². The van der Waals surface area contributed by atoms with Gasteiger partial charge in [-0.2, -0.15) is 0 Å². The van der Waals surface area contributed by atoms with Crippen molar-refractivity contribution in [3.05, 3.63) is 23.3 Å². The number of esters is 1. The molecule has 0 saturated heterocycles. The molecular weight excluding hydrogens is 312 g/mol. The average Bonchev–Trinajstić information content (AvgIpc) is 2.59. The first kappa shape index (κ1) is 18.1. The number of nitrogens with zero attached hydrogens (tertiary/aromatic N) is 1. The highest BCUT2D eigenvalue weighted by Crippen LogP contribution is 2.39. The van der Waals surface area contributed by atoms with E-state index in [1.54, 1.807) is 26.0 Å². The van der Waals surface area contributed by atoms with Gasteiger partial charge in [0, 0.05) is 6.54 Å². The Morgan fingerprint density at radius 1 is 1.25 bits per heavy atom. The molecule has 0 aliphatic carbocycles. The highest BCUT2D eigenvalue weighted by Gasteiger charge is 2.34. The van der Waals surface area contributed by atoms with Gasteiger partial charge in [0.1, 0.15) is 0 Å². The van der Waals surface area contributed by atoms with Gasteiger partial charge >= 0.3 is 5.97 Å². The second-order valence-corrected chi connectivity index (χ2v) is 5.77. The summed E-state index contributed by atoms with van der Waals surface area (Å²) in [6.45, 7) is 2.13. The Kier molecular flexibility index (Phi) is 5.66. The molecule has 1 aliphatic heterocycles. The molecule has 24 heavy (non-hydrogen) atoms. The van der Waals surface area contributed by atoms with Gasteiger partial charge in [-0.25, -0.2) is 0 Å². The van der Waals surface area contributed by atoms with E-state index in [1.807, 2.05) is 12.1 Å². The summed E-state index contributed by atoms with van der Waals surface area (Å²) in [5, 5.41) is 0. The number of fused-ring (bicyclic) bond motifs is 1. The van der Waals surface area contributed by atoms with Crippen LogP contribution in [0.25, 0.3) is 0 Å². The van der Waals surface area contributed by atoms with Crippen LogP contribution >= 0.6 is 0 Å². The number of ether oxygens (including phenoxy) is 3. The van der Waals surface area contributed by atoms with Crippen molar-refractivity contribution < 1.29 is 23.8 Å². The molecular formula is C17H24N2O5. The molecule has 0 radical (unpaired) electrons. The zero-order valence-electron chi connectivity index (χ0n) is 14.5. The van der Waals surface area contributed by atoms with Gasteiger partial charge in [0.15, 0.2) is 11.5 Å². The molecule has 7 heteroatoms. The molecule has 2 unspecified atom stereocenters. The van der Waals surface area contributed by atoms with Gasteiger partial charge in [-0.1, -0.05) is 0 Å². The zero-order valence-corrected chi connectivity index (χ0v) is 14.5. The normalized spacial score (nSPS) is 17.7. The second-order valence-electron chi connectivity index (χ2n) is 5.77. The minimum absolute atomic E-state index is 0.0669. The monoisotopic (exact) mass is 336 g/mol. The van der Waals surface area contributed by atoms with Crippen molar-refractivity contribution in [1.29, 1.82) is 0 Å². The van der Waals surface area contributed by atoms with Crippen LogP contribution in [0.3, 0.4) is 0 Å². The van der Waals surface area contributed by atoms with Gasteiger partial charge in [0.2, 0.25) is 5.91 Å². The standard InChI is InChI=1S/C17H24N2O5/c1-10(18)17(21)19-6-5-11-7-14(22-2)15(23-3)8-12(11)13(19)9-16(20)24-4/h7-8,10,13H,5-6,9,18H2,1-4H3. The highest BCUT2D eigenvalue weighted by atomic mass is 16.5. The summed E-state index contributed by atoms with van der Waals surface area (Å²) < 4.78 is 15.5. The lowest BCUT2D eigenvalue weighted by atomic mass is 9.89. The second kappa shape index (κ2) is 7.53. The first-order chi connectivity index (χ1) is 11.4. The minimum atomic E-state index is -0.633. The maximum Gasteiger partial charge on any atom is 0.307 e. The predicted molar refractivity (Wildman–Crippen MR) is 88.0 cm³/mol. The fourth-order valence-electron chi connectivity index (χ4n) is 3.01. The lowest BCUT2D eigenvalue weighted by Gasteiger charge is -2.38. The maximum absolute atomic E-state index is 12.5. The Bertz CT molecular complexity index is 630. The fourth-order valence-corrected chi connectivity index (χ4v) is 3.01. The summed E-state index contributed by atoms with van der Waals surface area (Å²) in [7, 11) is 4.45. The minimum Gasteiger partial charge on any atom is -0.493 e. The van der Waals surface area contributed by atoms with Crippen molar-refractivity contribution in [2.75, 3.05) is 27.9 Å². The van der Waals surface area contributed by atoms with Crippen LogP contribution in [-0.2, 0) is 20.7 Å². The van der Waals surface area contributed by atoms with Gasteiger partial charge in [0.25, 0.3) is 0 Å². The number of rotatable bonds is 5. The average molecular weight is 336 g/mol. The quantitative estimate of drug-likeness (QED) is 0.808. The van der Waals surface area contributed by atoms with Crippen molar-refractivity contribution in [2.45, 2.75) is 31.8 Å². The van der Waals surface area contributed by atoms with Gasteiger partial charge in [-0.3, -0.25) is 9.59 Å². The first-order valence-corrected chi connectivity index (χ1v) is 7.80. The van der Waals surface area contributed by atoms with Gasteiger partial charge in [-0.05, 0) is 36.6 Å². The van der Waals surface area contributed by atoms with Crippen molar-refractivity contribution in [2.24, 2.45) is 5.73 Å². The molecule has 2 N–H and O–H groups in total. The molecule has 2 atom stereocenters. The van der Waals surface area contributed by atoms with E-state index in [0.29, 0.717) is 24.5 Å². The van der Waals surface area contributed by atoms with E-state index >= 15 is 0 Å². The number of methoxy groups -OCH3 is 3. The third-order valence-electron chi connectivity index (χ3n) is 4.26. The lowest BCUT2D eigenvalue weighted by molar-refractivity contribution is -0.144. The first-order valence-electron chi connectivity index (χ1n) is 7.80. The largest absolute Gasteiger partial charge is 0.493 e. The molecule has 1 aliphatic rings. The number of carbonyl (C=O) groups excluding carboxylic acids is 2. The van der Waals surface area contributed by atoms with E-state index in [4.69, 9.17) is 19.9 Å². The molecule has 0 bridgehead atoms. The smallest absolute Gasteiger partial charge is 0.307 e. The SMILES string of the molecule is COC(=O)CC1c2cc(OC)c(OC)cc2CCN1C(=O)C(C)N. The number of hydrogen-bond donors (Lipinski definition) is 1. The van der Waals surface area contributed by atoms with Crippen molar-refractivity contribution >= 4 is 11.9 Å². The summed E-state index contributed by atoms with van der Waals surface area (Å²) >= 11 is 0. The van der Waals surface area contributed by atoms with Crippen LogP contribution < -0.4 is 15.2 Å². The van der Waals surface area contributed by atoms with Crippen LogP contribution in [0.15, 0.2) is 12.1 Å². The van der Waals surface area contributed by atoms with E-state index in [2.05, 4.69) is 0 Å². The Morgan fingerprint density at radius 2 is 1.88 bits per heavy atom. The van der Waals surface area contributed by atoms with Crippen molar-refractivity contribution in [3.8, 4) is 11.5 Å². The lowest BCUT2D eigenvalue weighted by Crippen LogP contribution is -2.47. The summed E-state index contributed by atoms with van der Waals surface area (Å²) in [5.74, 6) is 0.607. The topological polar surface area (TPSA) is 91.1 Å². The van der Waals surface area contributed by atoms with E-state index in [9.17, 15) is 9.59 Å². The number of hydrogen-bond acceptors (Lipinski definition) is 6. The fraction of sp³-hybridized carbons (Fsp3) is 0.529.